The lowest BCUT2D eigenvalue weighted by Gasteiger charge is -2.12. The van der Waals surface area contributed by atoms with E-state index in [4.69, 9.17) is 0 Å². The largest absolute Gasteiger partial charge is 0.264 e. The van der Waals surface area contributed by atoms with Crippen LogP contribution in [0.25, 0.3) is 10.8 Å². The topological polar surface area (TPSA) is 12.9 Å². The third-order valence-corrected chi connectivity index (χ3v) is 4.18. The van der Waals surface area contributed by atoms with E-state index in [1.165, 1.54) is 21.9 Å². The molecule has 1 nitrogen and oxygen atoms in total. The summed E-state index contributed by atoms with van der Waals surface area (Å²) in [4.78, 5) is 4.48. The van der Waals surface area contributed by atoms with Crippen molar-refractivity contribution in [2.24, 2.45) is 0 Å². The van der Waals surface area contributed by atoms with Crippen LogP contribution in [-0.2, 0) is 6.42 Å². The quantitative estimate of drug-likeness (QED) is 0.626. The van der Waals surface area contributed by atoms with Crippen LogP contribution in [-0.4, -0.2) is 4.98 Å². The van der Waals surface area contributed by atoms with Crippen LogP contribution >= 0.6 is 15.9 Å². The molecule has 0 fully saturated rings. The number of rotatable bonds is 3. The van der Waals surface area contributed by atoms with Gasteiger partial charge in [-0.15, -0.1) is 0 Å². The fourth-order valence-corrected chi connectivity index (χ4v) is 2.96. The summed E-state index contributed by atoms with van der Waals surface area (Å²) in [5, 5.41) is 2.63. The Bertz CT molecular complexity index is 674. The molecular weight excluding hydrogens is 298 g/mol. The number of nitrogens with zero attached hydrogens (tertiary/aromatic N) is 1. The second-order valence-corrected chi connectivity index (χ2v) is 5.70. The molecule has 3 aromatic rings. The number of fused-ring (bicyclic) bond motifs is 1. The molecule has 2 aromatic carbocycles. The van der Waals surface area contributed by atoms with Crippen LogP contribution < -0.4 is 0 Å². The maximum absolute atomic E-state index is 4.18. The van der Waals surface area contributed by atoms with Gasteiger partial charge in [0, 0.05) is 17.2 Å². The maximum atomic E-state index is 4.18. The van der Waals surface area contributed by atoms with Crippen molar-refractivity contribution in [2.75, 3.05) is 0 Å². The first-order valence-electron chi connectivity index (χ1n) is 6.35. The molecule has 0 aliphatic rings. The predicted molar refractivity (Wildman–Crippen MR) is 83.6 cm³/mol. The summed E-state index contributed by atoms with van der Waals surface area (Å²) in [6, 6.07) is 19.1. The Kier molecular flexibility index (Phi) is 3.60. The minimum absolute atomic E-state index is 0.298. The predicted octanol–water partition coefficient (Wildman–Crippen LogP) is 4.91. The van der Waals surface area contributed by atoms with E-state index in [0.717, 1.165) is 6.42 Å². The number of hydrogen-bond acceptors (Lipinski definition) is 1. The molecule has 1 aromatic heterocycles. The smallest absolute Gasteiger partial charge is 0.0451 e. The molecule has 2 heteroatoms. The van der Waals surface area contributed by atoms with Gasteiger partial charge in [-0.1, -0.05) is 64.5 Å². The van der Waals surface area contributed by atoms with Crippen molar-refractivity contribution in [3.63, 3.8) is 0 Å². The lowest BCUT2D eigenvalue weighted by Crippen LogP contribution is -1.96. The molecule has 0 radical (unpaired) electrons. The van der Waals surface area contributed by atoms with Crippen molar-refractivity contribution in [2.45, 2.75) is 11.2 Å². The zero-order valence-electron chi connectivity index (χ0n) is 10.5. The number of aromatic nitrogens is 1. The Morgan fingerprint density at radius 3 is 2.63 bits per heavy atom. The molecule has 1 unspecified atom stereocenters. The molecule has 94 valence electrons. The highest BCUT2D eigenvalue weighted by atomic mass is 79.9. The van der Waals surface area contributed by atoms with Gasteiger partial charge in [0.05, 0.1) is 0 Å². The van der Waals surface area contributed by atoms with Crippen LogP contribution in [0.4, 0.5) is 0 Å². The molecule has 19 heavy (non-hydrogen) atoms. The number of benzene rings is 2. The average molecular weight is 312 g/mol. The standard InChI is InChI=1S/C17H14BrN/c18-17(15-8-4-10-19-12-15)11-14-7-3-6-13-5-1-2-9-16(13)14/h1-10,12,17H,11H2. The summed E-state index contributed by atoms with van der Waals surface area (Å²) in [6.45, 7) is 0. The van der Waals surface area contributed by atoms with Crippen molar-refractivity contribution >= 4 is 26.7 Å². The third kappa shape index (κ3) is 2.69. The van der Waals surface area contributed by atoms with Crippen LogP contribution in [0, 0.1) is 0 Å². The Morgan fingerprint density at radius 1 is 0.947 bits per heavy atom. The lowest BCUT2D eigenvalue weighted by molar-refractivity contribution is 0.947. The minimum atomic E-state index is 0.298. The van der Waals surface area contributed by atoms with Gasteiger partial charge < -0.3 is 0 Å². The highest BCUT2D eigenvalue weighted by molar-refractivity contribution is 9.09. The summed E-state index contributed by atoms with van der Waals surface area (Å²) in [5.41, 5.74) is 2.58. The monoisotopic (exact) mass is 311 g/mol. The third-order valence-electron chi connectivity index (χ3n) is 3.33. The molecule has 3 rings (SSSR count). The van der Waals surface area contributed by atoms with Gasteiger partial charge in [-0.3, -0.25) is 4.98 Å². The van der Waals surface area contributed by atoms with Gasteiger partial charge in [0.1, 0.15) is 0 Å². The molecule has 0 aliphatic heterocycles. The van der Waals surface area contributed by atoms with E-state index in [2.05, 4.69) is 69.4 Å². The SMILES string of the molecule is BrC(Cc1cccc2ccccc12)c1cccnc1. The average Bonchev–Trinajstić information content (AvgIpc) is 2.48. The molecule has 0 N–H and O–H groups in total. The molecule has 1 atom stereocenters. The van der Waals surface area contributed by atoms with E-state index in [9.17, 15) is 0 Å². The van der Waals surface area contributed by atoms with Crippen molar-refractivity contribution in [3.05, 3.63) is 78.1 Å². The van der Waals surface area contributed by atoms with Crippen LogP contribution in [0.2, 0.25) is 0 Å². The normalized spacial score (nSPS) is 12.5. The number of pyridine rings is 1. The Balaban J connectivity index is 1.94. The van der Waals surface area contributed by atoms with E-state index in [1.807, 2.05) is 12.3 Å². The fraction of sp³-hybridized carbons (Fsp3) is 0.118. The molecule has 0 saturated carbocycles. The fourth-order valence-electron chi connectivity index (χ4n) is 2.34. The molecular formula is C17H14BrN. The first kappa shape index (κ1) is 12.4. The van der Waals surface area contributed by atoms with Gasteiger partial charge in [0.2, 0.25) is 0 Å². The van der Waals surface area contributed by atoms with Crippen LogP contribution in [0.3, 0.4) is 0 Å². The molecule has 0 aliphatic carbocycles. The molecule has 0 amide bonds. The van der Waals surface area contributed by atoms with Gasteiger partial charge in [-0.25, -0.2) is 0 Å². The summed E-state index contributed by atoms with van der Waals surface area (Å²) in [7, 11) is 0. The Morgan fingerprint density at radius 2 is 1.79 bits per heavy atom. The second kappa shape index (κ2) is 5.54. The summed E-state index contributed by atoms with van der Waals surface area (Å²) >= 11 is 3.77. The van der Waals surface area contributed by atoms with Crippen molar-refractivity contribution < 1.29 is 0 Å². The van der Waals surface area contributed by atoms with E-state index in [0.29, 0.717) is 4.83 Å². The number of halogens is 1. The first-order chi connectivity index (χ1) is 9.34. The summed E-state index contributed by atoms with van der Waals surface area (Å²) in [6.07, 6.45) is 4.69. The van der Waals surface area contributed by atoms with Crippen LogP contribution in [0.1, 0.15) is 16.0 Å². The first-order valence-corrected chi connectivity index (χ1v) is 7.27. The van der Waals surface area contributed by atoms with Gasteiger partial charge in [-0.05, 0) is 34.4 Å². The van der Waals surface area contributed by atoms with Crippen LogP contribution in [0.5, 0.6) is 0 Å². The lowest BCUT2D eigenvalue weighted by atomic mass is 9.99. The van der Waals surface area contributed by atoms with Gasteiger partial charge in [-0.2, -0.15) is 0 Å². The second-order valence-electron chi connectivity index (χ2n) is 4.60. The molecule has 0 saturated heterocycles. The zero-order valence-corrected chi connectivity index (χ0v) is 12.0. The highest BCUT2D eigenvalue weighted by Crippen LogP contribution is 2.29. The van der Waals surface area contributed by atoms with Gasteiger partial charge in [0.25, 0.3) is 0 Å². The maximum Gasteiger partial charge on any atom is 0.0451 e. The molecule has 0 bridgehead atoms. The summed E-state index contributed by atoms with van der Waals surface area (Å²) in [5.74, 6) is 0. The van der Waals surface area contributed by atoms with E-state index in [-0.39, 0.29) is 0 Å². The van der Waals surface area contributed by atoms with E-state index >= 15 is 0 Å². The van der Waals surface area contributed by atoms with E-state index < -0.39 is 0 Å². The van der Waals surface area contributed by atoms with Crippen molar-refractivity contribution in [1.82, 2.24) is 4.98 Å². The van der Waals surface area contributed by atoms with Crippen molar-refractivity contribution in [3.8, 4) is 0 Å². The molecule has 1 heterocycles. The van der Waals surface area contributed by atoms with Crippen LogP contribution in [0.15, 0.2) is 67.0 Å². The van der Waals surface area contributed by atoms with Crippen molar-refractivity contribution in [1.29, 1.82) is 0 Å². The Labute approximate surface area is 121 Å². The number of hydrogen-bond donors (Lipinski definition) is 0. The Hall–Kier alpha value is -1.67. The molecule has 0 spiro atoms. The minimum Gasteiger partial charge on any atom is -0.264 e. The summed E-state index contributed by atoms with van der Waals surface area (Å²) < 4.78 is 0. The highest BCUT2D eigenvalue weighted by Gasteiger charge is 2.10. The van der Waals surface area contributed by atoms with Gasteiger partial charge >= 0.3 is 0 Å². The van der Waals surface area contributed by atoms with E-state index in [1.54, 1.807) is 6.20 Å². The van der Waals surface area contributed by atoms with Gasteiger partial charge in [0.15, 0.2) is 0 Å². The zero-order chi connectivity index (χ0) is 13.1. The number of alkyl halides is 1.